The number of aryl methyl sites for hydroxylation is 1. The van der Waals surface area contributed by atoms with Gasteiger partial charge < -0.3 is 15.4 Å². The number of benzene rings is 2. The van der Waals surface area contributed by atoms with Crippen LogP contribution in [0.3, 0.4) is 0 Å². The van der Waals surface area contributed by atoms with Crippen molar-refractivity contribution in [2.75, 3.05) is 17.2 Å². The first-order valence-corrected chi connectivity index (χ1v) is 9.44. The first-order chi connectivity index (χ1) is 13.5. The van der Waals surface area contributed by atoms with Crippen LogP contribution in [0.25, 0.3) is 0 Å². The fourth-order valence-electron chi connectivity index (χ4n) is 2.41. The highest BCUT2D eigenvalue weighted by Crippen LogP contribution is 2.20. The minimum atomic E-state index is -0.526. The van der Waals surface area contributed by atoms with E-state index in [2.05, 4.69) is 10.6 Å². The number of ether oxygens (including phenoxy) is 1. The van der Waals surface area contributed by atoms with Gasteiger partial charge in [0.2, 0.25) is 5.91 Å². The van der Waals surface area contributed by atoms with Crippen molar-refractivity contribution >= 4 is 40.8 Å². The lowest BCUT2D eigenvalue weighted by atomic mass is 10.1. The molecule has 0 unspecified atom stereocenters. The van der Waals surface area contributed by atoms with Gasteiger partial charge in [0.05, 0.1) is 10.7 Å². The van der Waals surface area contributed by atoms with Crippen LogP contribution in [0.5, 0.6) is 0 Å². The molecular formula is C21H23ClN2O4. The first kappa shape index (κ1) is 21.4. The molecule has 0 saturated carbocycles. The van der Waals surface area contributed by atoms with Crippen LogP contribution < -0.4 is 10.6 Å². The number of hydrogen-bond acceptors (Lipinski definition) is 4. The lowest BCUT2D eigenvalue weighted by molar-refractivity contribution is -0.147. The minimum Gasteiger partial charge on any atom is -0.456 e. The summed E-state index contributed by atoms with van der Waals surface area (Å²) in [4.78, 5) is 35.4. The Hall–Kier alpha value is -2.86. The highest BCUT2D eigenvalue weighted by atomic mass is 35.5. The van der Waals surface area contributed by atoms with Crippen LogP contribution in [-0.4, -0.2) is 24.4 Å². The van der Waals surface area contributed by atoms with E-state index in [0.29, 0.717) is 22.8 Å². The number of carbonyl (C=O) groups is 3. The lowest BCUT2D eigenvalue weighted by Gasteiger charge is -2.08. The molecule has 28 heavy (non-hydrogen) atoms. The van der Waals surface area contributed by atoms with Gasteiger partial charge in [0, 0.05) is 18.5 Å². The van der Waals surface area contributed by atoms with Crippen molar-refractivity contribution in [3.63, 3.8) is 0 Å². The number of rotatable bonds is 9. The maximum absolute atomic E-state index is 11.9. The summed E-state index contributed by atoms with van der Waals surface area (Å²) in [6.07, 6.45) is 1.43. The Balaban J connectivity index is 1.63. The molecule has 0 bridgehead atoms. The van der Waals surface area contributed by atoms with Crippen LogP contribution in [-0.2, 0) is 25.5 Å². The standard InChI is InChI=1S/C21H23ClN2O4/c1-2-15-10-12-16(13-11-15)23-20(26)14-28-21(27)9-5-8-19(25)24-18-7-4-3-6-17(18)22/h3-4,6-7,10-13H,2,5,8-9,14H2,1H3,(H,23,26)(H,24,25). The topological polar surface area (TPSA) is 84.5 Å². The molecule has 2 aromatic carbocycles. The van der Waals surface area contributed by atoms with Crippen LogP contribution in [0.15, 0.2) is 48.5 Å². The van der Waals surface area contributed by atoms with Gasteiger partial charge in [0.15, 0.2) is 6.61 Å². The quantitative estimate of drug-likeness (QED) is 0.616. The van der Waals surface area contributed by atoms with Crippen molar-refractivity contribution in [3.05, 3.63) is 59.1 Å². The highest BCUT2D eigenvalue weighted by molar-refractivity contribution is 6.33. The van der Waals surface area contributed by atoms with E-state index in [4.69, 9.17) is 16.3 Å². The maximum Gasteiger partial charge on any atom is 0.306 e. The van der Waals surface area contributed by atoms with E-state index in [-0.39, 0.29) is 25.4 Å². The Bertz CT molecular complexity index is 821. The summed E-state index contributed by atoms with van der Waals surface area (Å²) in [6, 6.07) is 14.4. The summed E-state index contributed by atoms with van der Waals surface area (Å²) >= 11 is 5.97. The number of nitrogens with one attached hydrogen (secondary N) is 2. The zero-order chi connectivity index (χ0) is 20.4. The van der Waals surface area contributed by atoms with Crippen LogP contribution >= 0.6 is 11.6 Å². The molecule has 0 atom stereocenters. The molecular weight excluding hydrogens is 380 g/mol. The molecule has 2 N–H and O–H groups in total. The van der Waals surface area contributed by atoms with Crippen LogP contribution in [0, 0.1) is 0 Å². The minimum absolute atomic E-state index is 0.0500. The number of anilines is 2. The van der Waals surface area contributed by atoms with Crippen molar-refractivity contribution in [1.82, 2.24) is 0 Å². The maximum atomic E-state index is 11.9. The molecule has 0 fully saturated rings. The van der Waals surface area contributed by atoms with Gasteiger partial charge in [-0.05, 0) is 42.7 Å². The third-order valence-electron chi connectivity index (χ3n) is 3.94. The van der Waals surface area contributed by atoms with Crippen molar-refractivity contribution in [3.8, 4) is 0 Å². The second-order valence-electron chi connectivity index (χ2n) is 6.14. The SMILES string of the molecule is CCc1ccc(NC(=O)COC(=O)CCCC(=O)Nc2ccccc2Cl)cc1. The van der Waals surface area contributed by atoms with Crippen molar-refractivity contribution in [1.29, 1.82) is 0 Å². The normalized spacial score (nSPS) is 10.2. The van der Waals surface area contributed by atoms with E-state index < -0.39 is 11.9 Å². The molecule has 0 aliphatic carbocycles. The molecule has 2 rings (SSSR count). The Labute approximate surface area is 169 Å². The zero-order valence-corrected chi connectivity index (χ0v) is 16.4. The van der Waals surface area contributed by atoms with Crippen molar-refractivity contribution in [2.45, 2.75) is 32.6 Å². The predicted molar refractivity (Wildman–Crippen MR) is 109 cm³/mol. The summed E-state index contributed by atoms with van der Waals surface area (Å²) in [5.41, 5.74) is 2.35. The van der Waals surface area contributed by atoms with E-state index in [1.165, 1.54) is 5.56 Å². The number of halogens is 1. The van der Waals surface area contributed by atoms with Gasteiger partial charge in [0.25, 0.3) is 5.91 Å². The third-order valence-corrected chi connectivity index (χ3v) is 4.27. The number of para-hydroxylation sites is 1. The fourth-order valence-corrected chi connectivity index (χ4v) is 2.59. The zero-order valence-electron chi connectivity index (χ0n) is 15.7. The smallest absolute Gasteiger partial charge is 0.306 e. The van der Waals surface area contributed by atoms with E-state index in [9.17, 15) is 14.4 Å². The van der Waals surface area contributed by atoms with Gasteiger partial charge in [-0.1, -0.05) is 42.8 Å². The average Bonchev–Trinajstić information content (AvgIpc) is 2.69. The van der Waals surface area contributed by atoms with Crippen molar-refractivity contribution in [2.24, 2.45) is 0 Å². The fraction of sp³-hybridized carbons (Fsp3) is 0.286. The molecule has 6 nitrogen and oxygen atoms in total. The molecule has 0 radical (unpaired) electrons. The van der Waals surface area contributed by atoms with Gasteiger partial charge >= 0.3 is 5.97 Å². The average molecular weight is 403 g/mol. The number of amides is 2. The third kappa shape index (κ3) is 7.40. The van der Waals surface area contributed by atoms with Gasteiger partial charge in [-0.2, -0.15) is 0 Å². The van der Waals surface area contributed by atoms with Crippen molar-refractivity contribution < 1.29 is 19.1 Å². The van der Waals surface area contributed by atoms with E-state index in [1.807, 2.05) is 19.1 Å². The van der Waals surface area contributed by atoms with E-state index >= 15 is 0 Å². The predicted octanol–water partition coefficient (Wildman–Crippen LogP) is 4.19. The largest absolute Gasteiger partial charge is 0.456 e. The summed E-state index contributed by atoms with van der Waals surface area (Å²) in [5.74, 6) is -1.18. The van der Waals surface area contributed by atoms with Gasteiger partial charge in [-0.25, -0.2) is 0 Å². The summed E-state index contributed by atoms with van der Waals surface area (Å²) < 4.78 is 4.94. The molecule has 2 aromatic rings. The molecule has 0 aromatic heterocycles. The summed E-state index contributed by atoms with van der Waals surface area (Å²) in [7, 11) is 0. The van der Waals surface area contributed by atoms with Gasteiger partial charge in [-0.15, -0.1) is 0 Å². The first-order valence-electron chi connectivity index (χ1n) is 9.06. The van der Waals surface area contributed by atoms with Gasteiger partial charge in [0.1, 0.15) is 0 Å². The molecule has 0 aliphatic heterocycles. The monoisotopic (exact) mass is 402 g/mol. The number of esters is 1. The molecule has 0 heterocycles. The molecule has 148 valence electrons. The Morgan fingerprint density at radius 2 is 1.64 bits per heavy atom. The molecule has 0 saturated heterocycles. The van der Waals surface area contributed by atoms with Gasteiger partial charge in [-0.3, -0.25) is 14.4 Å². The van der Waals surface area contributed by atoms with Crippen LogP contribution in [0.1, 0.15) is 31.7 Å². The van der Waals surface area contributed by atoms with E-state index in [0.717, 1.165) is 6.42 Å². The Morgan fingerprint density at radius 1 is 0.929 bits per heavy atom. The summed E-state index contributed by atoms with van der Waals surface area (Å²) in [6.45, 7) is 1.69. The molecule has 0 aliphatic rings. The number of hydrogen-bond donors (Lipinski definition) is 2. The lowest BCUT2D eigenvalue weighted by Crippen LogP contribution is -2.21. The number of carbonyl (C=O) groups excluding carboxylic acids is 3. The van der Waals surface area contributed by atoms with Crippen LogP contribution in [0.2, 0.25) is 5.02 Å². The molecule has 2 amide bonds. The molecule has 0 spiro atoms. The summed E-state index contributed by atoms with van der Waals surface area (Å²) in [5, 5.41) is 5.79. The molecule has 7 heteroatoms. The van der Waals surface area contributed by atoms with Crippen LogP contribution in [0.4, 0.5) is 11.4 Å². The second kappa shape index (κ2) is 11.1. The van der Waals surface area contributed by atoms with E-state index in [1.54, 1.807) is 36.4 Å². The Morgan fingerprint density at radius 3 is 2.32 bits per heavy atom. The highest BCUT2D eigenvalue weighted by Gasteiger charge is 2.10. The Kier molecular flexibility index (Phi) is 8.49. The second-order valence-corrected chi connectivity index (χ2v) is 6.55.